The maximum Gasteiger partial charge on any atom is 0.239 e. The van der Waals surface area contributed by atoms with Gasteiger partial charge in [0.15, 0.2) is 0 Å². The van der Waals surface area contributed by atoms with Crippen molar-refractivity contribution in [1.82, 2.24) is 24.1 Å². The van der Waals surface area contributed by atoms with Crippen molar-refractivity contribution in [2.75, 3.05) is 39.0 Å². The van der Waals surface area contributed by atoms with E-state index in [1.54, 1.807) is 18.6 Å². The minimum Gasteiger partial charge on any atom is -0.354 e. The monoisotopic (exact) mass is 569 g/mol. The van der Waals surface area contributed by atoms with Gasteiger partial charge in [-0.3, -0.25) is 9.69 Å². The molecule has 0 spiro atoms. The van der Waals surface area contributed by atoms with Gasteiger partial charge in [0.05, 0.1) is 22.6 Å². The van der Waals surface area contributed by atoms with Crippen LogP contribution in [0.5, 0.6) is 0 Å². The molecule has 204 valence electrons. The normalized spacial score (nSPS) is 20.2. The molecule has 1 atom stereocenters. The Balaban J connectivity index is 1.32. The smallest absolute Gasteiger partial charge is 0.239 e. The molecule has 4 rings (SSSR count). The average molecular weight is 571 g/mol. The molecule has 1 aromatic carbocycles. The lowest BCUT2D eigenvalue weighted by molar-refractivity contribution is -0.126. The maximum atomic E-state index is 13.2. The molecule has 2 aromatic rings. The van der Waals surface area contributed by atoms with Crippen molar-refractivity contribution in [1.29, 1.82) is 0 Å². The number of imidazole rings is 1. The molecule has 1 N–H and O–H groups in total. The Hall–Kier alpha value is -1.65. The zero-order valence-electron chi connectivity index (χ0n) is 21.4. The fraction of sp³-hybridized carbons (Fsp3) is 0.615. The molecule has 1 aromatic heterocycles. The summed E-state index contributed by atoms with van der Waals surface area (Å²) in [5.41, 5.74) is 1.96. The summed E-state index contributed by atoms with van der Waals surface area (Å²) in [5.74, 6) is 0.506. The van der Waals surface area contributed by atoms with Crippen LogP contribution in [0.15, 0.2) is 30.7 Å². The van der Waals surface area contributed by atoms with Crippen LogP contribution in [0, 0.1) is 5.92 Å². The number of hydrogen-bond acceptors (Lipinski definition) is 5. The quantitative estimate of drug-likeness (QED) is 0.470. The first-order valence-corrected chi connectivity index (χ1v) is 15.7. The molecule has 11 heteroatoms. The zero-order valence-corrected chi connectivity index (χ0v) is 23.7. The van der Waals surface area contributed by atoms with Gasteiger partial charge in [-0.05, 0) is 36.6 Å². The van der Waals surface area contributed by atoms with E-state index in [1.807, 2.05) is 16.7 Å². The van der Waals surface area contributed by atoms with E-state index in [-0.39, 0.29) is 5.91 Å². The van der Waals surface area contributed by atoms with Gasteiger partial charge in [-0.25, -0.2) is 13.4 Å². The number of nitrogens with zero attached hydrogens (tertiary/aromatic N) is 4. The summed E-state index contributed by atoms with van der Waals surface area (Å²) in [6.45, 7) is 3.33. The van der Waals surface area contributed by atoms with Crippen molar-refractivity contribution >= 4 is 39.1 Å². The minimum absolute atomic E-state index is 0.247. The second-order valence-corrected chi connectivity index (χ2v) is 13.0. The molecule has 1 aliphatic carbocycles. The molecule has 0 radical (unpaired) electrons. The molecule has 0 bridgehead atoms. The van der Waals surface area contributed by atoms with Gasteiger partial charge in [-0.2, -0.15) is 4.31 Å². The number of amides is 1. The summed E-state index contributed by atoms with van der Waals surface area (Å²) in [5, 5.41) is 3.99. The molecule has 1 amide bonds. The summed E-state index contributed by atoms with van der Waals surface area (Å²) in [7, 11) is -3.48. The Morgan fingerprint density at radius 2 is 1.92 bits per heavy atom. The van der Waals surface area contributed by atoms with Crippen LogP contribution >= 0.6 is 23.2 Å². The lowest BCUT2D eigenvalue weighted by Gasteiger charge is -2.39. The first-order valence-electron chi connectivity index (χ1n) is 13.1. The summed E-state index contributed by atoms with van der Waals surface area (Å²) >= 11 is 12.2. The van der Waals surface area contributed by atoms with E-state index >= 15 is 0 Å². The fourth-order valence-corrected chi connectivity index (χ4v) is 6.80. The SMILES string of the molecule is CS(=O)(=O)N1CCN(CCC2CCCCC2)CC1C(=O)NCCc1cncn1Cc1ccc(Cl)c(Cl)c1. The number of benzene rings is 1. The molecular weight excluding hydrogens is 533 g/mol. The molecule has 1 saturated heterocycles. The van der Waals surface area contributed by atoms with Gasteiger partial charge in [0.2, 0.25) is 15.9 Å². The van der Waals surface area contributed by atoms with E-state index < -0.39 is 16.1 Å². The second kappa shape index (κ2) is 12.9. The van der Waals surface area contributed by atoms with Crippen molar-refractivity contribution < 1.29 is 13.2 Å². The number of nitrogens with one attached hydrogen (secondary N) is 1. The highest BCUT2D eigenvalue weighted by molar-refractivity contribution is 7.88. The summed E-state index contributed by atoms with van der Waals surface area (Å²) < 4.78 is 28.2. The highest BCUT2D eigenvalue weighted by Gasteiger charge is 2.37. The molecule has 1 saturated carbocycles. The third-order valence-electron chi connectivity index (χ3n) is 7.54. The largest absolute Gasteiger partial charge is 0.354 e. The average Bonchev–Trinajstić information content (AvgIpc) is 3.31. The molecule has 2 aliphatic rings. The Bertz CT molecular complexity index is 1170. The molecule has 37 heavy (non-hydrogen) atoms. The number of halogens is 2. The summed E-state index contributed by atoms with van der Waals surface area (Å²) in [4.78, 5) is 19.7. The summed E-state index contributed by atoms with van der Waals surface area (Å²) in [6.07, 6.45) is 12.9. The third-order valence-corrected chi connectivity index (χ3v) is 9.57. The van der Waals surface area contributed by atoms with Crippen LogP contribution in [0.4, 0.5) is 0 Å². The zero-order chi connectivity index (χ0) is 26.4. The predicted molar refractivity (Wildman–Crippen MR) is 147 cm³/mol. The van der Waals surface area contributed by atoms with E-state index in [4.69, 9.17) is 23.2 Å². The van der Waals surface area contributed by atoms with E-state index in [0.29, 0.717) is 49.2 Å². The number of sulfonamides is 1. The number of carbonyl (C=O) groups is 1. The van der Waals surface area contributed by atoms with Crippen molar-refractivity contribution in [3.8, 4) is 0 Å². The van der Waals surface area contributed by atoms with E-state index in [0.717, 1.165) is 30.1 Å². The molecule has 1 aliphatic heterocycles. The highest BCUT2D eigenvalue weighted by atomic mass is 35.5. The first kappa shape index (κ1) is 28.4. The van der Waals surface area contributed by atoms with Gasteiger partial charge >= 0.3 is 0 Å². The molecule has 2 heterocycles. The maximum absolute atomic E-state index is 13.2. The molecule has 1 unspecified atom stereocenters. The predicted octanol–water partition coefficient (Wildman–Crippen LogP) is 3.81. The van der Waals surface area contributed by atoms with Crippen molar-refractivity contribution in [2.24, 2.45) is 5.92 Å². The number of hydrogen-bond donors (Lipinski definition) is 1. The highest BCUT2D eigenvalue weighted by Crippen LogP contribution is 2.27. The van der Waals surface area contributed by atoms with Crippen molar-refractivity contribution in [3.05, 3.63) is 52.0 Å². The van der Waals surface area contributed by atoms with E-state index in [9.17, 15) is 13.2 Å². The fourth-order valence-electron chi connectivity index (χ4n) is 5.44. The Labute approximate surface area is 230 Å². The van der Waals surface area contributed by atoms with Crippen LogP contribution in [-0.2, 0) is 27.8 Å². The van der Waals surface area contributed by atoms with Crippen molar-refractivity contribution in [3.63, 3.8) is 0 Å². The number of aromatic nitrogens is 2. The van der Waals surface area contributed by atoms with Gasteiger partial charge in [-0.15, -0.1) is 0 Å². The van der Waals surface area contributed by atoms with Gasteiger partial charge in [0.1, 0.15) is 6.04 Å². The van der Waals surface area contributed by atoms with Crippen LogP contribution < -0.4 is 5.32 Å². The second-order valence-electron chi connectivity index (χ2n) is 10.3. The Kier molecular flexibility index (Phi) is 9.91. The Morgan fingerprint density at radius 1 is 1.14 bits per heavy atom. The standard InChI is InChI=1S/C26H37Cl2N5O3S/c1-37(35,36)33-14-13-31(12-10-20-5-3-2-4-6-20)18-25(33)26(34)30-11-9-22-16-29-19-32(22)17-21-7-8-23(27)24(28)15-21/h7-8,15-16,19-20,25H,2-6,9-14,17-18H2,1H3,(H,30,34). The van der Waals surface area contributed by atoms with Gasteiger partial charge in [0.25, 0.3) is 0 Å². The van der Waals surface area contributed by atoms with Gasteiger partial charge in [-0.1, -0.05) is 61.4 Å². The van der Waals surface area contributed by atoms with Crippen molar-refractivity contribution in [2.45, 2.75) is 57.5 Å². The first-order chi connectivity index (χ1) is 17.7. The molecule has 8 nitrogen and oxygen atoms in total. The minimum atomic E-state index is -3.48. The molecular formula is C26H37Cl2N5O3S. The van der Waals surface area contributed by atoms with Crippen LogP contribution in [0.2, 0.25) is 10.0 Å². The Morgan fingerprint density at radius 3 is 2.65 bits per heavy atom. The number of rotatable bonds is 10. The topological polar surface area (TPSA) is 87.5 Å². The van der Waals surface area contributed by atoms with Gasteiger partial charge in [0, 0.05) is 51.0 Å². The van der Waals surface area contributed by atoms with E-state index in [2.05, 4.69) is 15.2 Å². The lowest BCUT2D eigenvalue weighted by Crippen LogP contribution is -2.60. The number of piperazine rings is 1. The van der Waals surface area contributed by atoms with Crippen LogP contribution in [-0.4, -0.2) is 78.1 Å². The summed E-state index contributed by atoms with van der Waals surface area (Å²) in [6, 6.07) is 4.81. The van der Waals surface area contributed by atoms with Crippen LogP contribution in [0.25, 0.3) is 0 Å². The third kappa shape index (κ3) is 7.93. The van der Waals surface area contributed by atoms with Gasteiger partial charge < -0.3 is 9.88 Å². The van der Waals surface area contributed by atoms with Crippen LogP contribution in [0.3, 0.4) is 0 Å². The van der Waals surface area contributed by atoms with Crippen LogP contribution in [0.1, 0.15) is 49.8 Å². The lowest BCUT2D eigenvalue weighted by atomic mass is 9.87. The van der Waals surface area contributed by atoms with E-state index in [1.165, 1.54) is 42.7 Å². The number of carbonyl (C=O) groups excluding carboxylic acids is 1. The molecule has 2 fully saturated rings.